The molecule has 0 atom stereocenters. The molecule has 1 heterocycles. The maximum absolute atomic E-state index is 13.0. The number of sulfonamides is 1. The number of aromatic hydroxyl groups is 1. The summed E-state index contributed by atoms with van der Waals surface area (Å²) in [6.07, 6.45) is 1.51. The van der Waals surface area contributed by atoms with Crippen molar-refractivity contribution in [2.75, 3.05) is 10.0 Å². The highest BCUT2D eigenvalue weighted by Crippen LogP contribution is 2.26. The van der Waals surface area contributed by atoms with Crippen molar-refractivity contribution in [3.8, 4) is 5.75 Å². The van der Waals surface area contributed by atoms with Crippen LogP contribution < -0.4 is 10.0 Å². The average Bonchev–Trinajstić information content (AvgIpc) is 2.59. The molecule has 0 radical (unpaired) electrons. The topological polar surface area (TPSA) is 91.3 Å². The van der Waals surface area contributed by atoms with Crippen LogP contribution in [0.15, 0.2) is 71.8 Å². The predicted octanol–water partition coefficient (Wildman–Crippen LogP) is 3.47. The van der Waals surface area contributed by atoms with E-state index in [1.165, 1.54) is 30.5 Å². The van der Waals surface area contributed by atoms with Crippen molar-refractivity contribution >= 4 is 27.2 Å². The van der Waals surface area contributed by atoms with Crippen molar-refractivity contribution in [1.82, 2.24) is 4.98 Å². The number of hydrogen-bond acceptors (Lipinski definition) is 5. The van der Waals surface area contributed by atoms with Gasteiger partial charge in [-0.2, -0.15) is 0 Å². The Hall–Kier alpha value is -3.13. The molecule has 0 aliphatic rings. The number of nitrogens with zero attached hydrogens (tertiary/aromatic N) is 1. The molecular formula is C17H14FN3O3S. The summed E-state index contributed by atoms with van der Waals surface area (Å²) in [5.41, 5.74) is 0.860. The van der Waals surface area contributed by atoms with E-state index in [1.54, 1.807) is 24.3 Å². The Bertz CT molecular complexity index is 975. The van der Waals surface area contributed by atoms with Gasteiger partial charge in [0.2, 0.25) is 0 Å². The molecule has 0 unspecified atom stereocenters. The lowest BCUT2D eigenvalue weighted by atomic mass is 10.3. The molecule has 0 aliphatic carbocycles. The zero-order valence-electron chi connectivity index (χ0n) is 12.8. The minimum absolute atomic E-state index is 0.0617. The first kappa shape index (κ1) is 16.7. The van der Waals surface area contributed by atoms with Crippen molar-refractivity contribution in [2.24, 2.45) is 0 Å². The summed E-state index contributed by atoms with van der Waals surface area (Å²) < 4.78 is 40.3. The second-order valence-corrected chi connectivity index (χ2v) is 6.81. The Morgan fingerprint density at radius 3 is 2.32 bits per heavy atom. The standard InChI is InChI=1S/C17H14FN3O3S/c18-12-3-9-15(10-4-12)25(23,24)21-16-2-1-11-19-17(16)20-13-5-7-14(22)8-6-13/h1-11,21-22H,(H,19,20). The Balaban J connectivity index is 1.87. The Morgan fingerprint density at radius 1 is 0.960 bits per heavy atom. The summed E-state index contributed by atoms with van der Waals surface area (Å²) >= 11 is 0. The van der Waals surface area contributed by atoms with Crippen molar-refractivity contribution in [3.05, 3.63) is 72.7 Å². The third-order valence-electron chi connectivity index (χ3n) is 3.31. The van der Waals surface area contributed by atoms with Crippen molar-refractivity contribution in [1.29, 1.82) is 0 Å². The first-order chi connectivity index (χ1) is 11.9. The molecule has 3 rings (SSSR count). The van der Waals surface area contributed by atoms with Crippen LogP contribution >= 0.6 is 0 Å². The lowest BCUT2D eigenvalue weighted by Crippen LogP contribution is -2.14. The molecule has 128 valence electrons. The van der Waals surface area contributed by atoms with Gasteiger partial charge in [-0.3, -0.25) is 4.72 Å². The van der Waals surface area contributed by atoms with Crippen molar-refractivity contribution in [3.63, 3.8) is 0 Å². The van der Waals surface area contributed by atoms with E-state index in [-0.39, 0.29) is 16.3 Å². The lowest BCUT2D eigenvalue weighted by Gasteiger charge is -2.13. The summed E-state index contributed by atoms with van der Waals surface area (Å²) in [4.78, 5) is 4.07. The highest BCUT2D eigenvalue weighted by atomic mass is 32.2. The molecular weight excluding hydrogens is 345 g/mol. The third-order valence-corrected chi connectivity index (χ3v) is 4.69. The quantitative estimate of drug-likeness (QED) is 0.607. The fourth-order valence-electron chi connectivity index (χ4n) is 2.09. The van der Waals surface area contributed by atoms with E-state index in [4.69, 9.17) is 0 Å². The lowest BCUT2D eigenvalue weighted by molar-refractivity contribution is 0.475. The Kier molecular flexibility index (Phi) is 4.53. The van der Waals surface area contributed by atoms with Crippen LogP contribution in [0.5, 0.6) is 5.75 Å². The summed E-state index contributed by atoms with van der Waals surface area (Å²) in [7, 11) is -3.89. The highest BCUT2D eigenvalue weighted by Gasteiger charge is 2.16. The summed E-state index contributed by atoms with van der Waals surface area (Å²) in [6, 6.07) is 13.9. The van der Waals surface area contributed by atoms with Crippen LogP contribution in [0.1, 0.15) is 0 Å². The van der Waals surface area contributed by atoms with E-state index in [2.05, 4.69) is 15.0 Å². The number of nitrogens with one attached hydrogen (secondary N) is 2. The van der Waals surface area contributed by atoms with Crippen LogP contribution in [-0.2, 0) is 10.0 Å². The summed E-state index contributed by atoms with van der Waals surface area (Å²) in [6.45, 7) is 0. The number of halogens is 1. The maximum Gasteiger partial charge on any atom is 0.262 e. The number of aromatic nitrogens is 1. The molecule has 3 aromatic rings. The van der Waals surface area contributed by atoms with Gasteiger partial charge in [0.25, 0.3) is 10.0 Å². The Labute approximate surface area is 144 Å². The molecule has 0 spiro atoms. The van der Waals surface area contributed by atoms with Crippen LogP contribution in [0, 0.1) is 5.82 Å². The first-order valence-electron chi connectivity index (χ1n) is 7.23. The minimum atomic E-state index is -3.89. The van der Waals surface area contributed by atoms with Crippen LogP contribution in [-0.4, -0.2) is 18.5 Å². The predicted molar refractivity (Wildman–Crippen MR) is 92.8 cm³/mol. The van der Waals surface area contributed by atoms with Crippen LogP contribution in [0.4, 0.5) is 21.6 Å². The van der Waals surface area contributed by atoms with Crippen LogP contribution in [0.3, 0.4) is 0 Å². The number of benzene rings is 2. The SMILES string of the molecule is O=S(=O)(Nc1cccnc1Nc1ccc(O)cc1)c1ccc(F)cc1. The molecule has 3 N–H and O–H groups in total. The molecule has 0 amide bonds. The van der Waals surface area contributed by atoms with Crippen molar-refractivity contribution < 1.29 is 17.9 Å². The normalized spacial score (nSPS) is 11.1. The van der Waals surface area contributed by atoms with Gasteiger partial charge in [-0.1, -0.05) is 0 Å². The molecule has 1 aromatic heterocycles. The van der Waals surface area contributed by atoms with Gasteiger partial charge in [-0.05, 0) is 60.7 Å². The second kappa shape index (κ2) is 6.78. The van der Waals surface area contributed by atoms with E-state index < -0.39 is 15.8 Å². The van der Waals surface area contributed by atoms with E-state index in [0.717, 1.165) is 12.1 Å². The largest absolute Gasteiger partial charge is 0.508 e. The molecule has 0 bridgehead atoms. The zero-order valence-corrected chi connectivity index (χ0v) is 13.7. The van der Waals surface area contributed by atoms with E-state index in [9.17, 15) is 17.9 Å². The number of phenolic OH excluding ortho intramolecular Hbond substituents is 1. The van der Waals surface area contributed by atoms with Crippen molar-refractivity contribution in [2.45, 2.75) is 4.90 Å². The maximum atomic E-state index is 13.0. The van der Waals surface area contributed by atoms with Gasteiger partial charge in [0, 0.05) is 11.9 Å². The number of pyridine rings is 1. The molecule has 0 fully saturated rings. The molecule has 25 heavy (non-hydrogen) atoms. The molecule has 2 aromatic carbocycles. The van der Waals surface area contributed by atoms with E-state index >= 15 is 0 Å². The highest BCUT2D eigenvalue weighted by molar-refractivity contribution is 7.92. The Morgan fingerprint density at radius 2 is 1.64 bits per heavy atom. The van der Waals surface area contributed by atoms with Gasteiger partial charge in [-0.25, -0.2) is 17.8 Å². The monoisotopic (exact) mass is 359 g/mol. The van der Waals surface area contributed by atoms with Crippen LogP contribution in [0.2, 0.25) is 0 Å². The molecule has 6 nitrogen and oxygen atoms in total. The molecule has 0 saturated heterocycles. The number of hydrogen-bond donors (Lipinski definition) is 3. The van der Waals surface area contributed by atoms with Gasteiger partial charge >= 0.3 is 0 Å². The number of anilines is 3. The zero-order chi connectivity index (χ0) is 17.9. The third kappa shape index (κ3) is 4.04. The van der Waals surface area contributed by atoms with E-state index in [1.807, 2.05) is 0 Å². The molecule has 0 aliphatic heterocycles. The smallest absolute Gasteiger partial charge is 0.262 e. The summed E-state index contributed by atoms with van der Waals surface area (Å²) in [5, 5.41) is 12.3. The summed E-state index contributed by atoms with van der Waals surface area (Å²) in [5.74, 6) is -0.113. The molecule has 0 saturated carbocycles. The fourth-order valence-corrected chi connectivity index (χ4v) is 3.15. The average molecular weight is 359 g/mol. The molecule has 8 heteroatoms. The van der Waals surface area contributed by atoms with Gasteiger partial charge in [-0.15, -0.1) is 0 Å². The fraction of sp³-hybridized carbons (Fsp3) is 0. The van der Waals surface area contributed by atoms with Gasteiger partial charge < -0.3 is 10.4 Å². The number of phenols is 1. The van der Waals surface area contributed by atoms with E-state index in [0.29, 0.717) is 11.5 Å². The van der Waals surface area contributed by atoms with Gasteiger partial charge in [0.1, 0.15) is 11.6 Å². The van der Waals surface area contributed by atoms with Gasteiger partial charge in [0.05, 0.1) is 10.6 Å². The second-order valence-electron chi connectivity index (χ2n) is 5.13. The first-order valence-corrected chi connectivity index (χ1v) is 8.72. The van der Waals surface area contributed by atoms with Crippen LogP contribution in [0.25, 0.3) is 0 Å². The van der Waals surface area contributed by atoms with Gasteiger partial charge in [0.15, 0.2) is 5.82 Å². The number of rotatable bonds is 5. The minimum Gasteiger partial charge on any atom is -0.508 e.